The highest BCUT2D eigenvalue weighted by Crippen LogP contribution is 2.45. The third kappa shape index (κ3) is 2.17. The monoisotopic (exact) mass is 239 g/mol. The highest BCUT2D eigenvalue weighted by molar-refractivity contribution is 7.07. The Balaban J connectivity index is 2.14. The molecule has 0 saturated heterocycles. The van der Waals surface area contributed by atoms with Gasteiger partial charge in [0.15, 0.2) is 0 Å². The van der Waals surface area contributed by atoms with Gasteiger partial charge in [0.05, 0.1) is 11.6 Å². The Morgan fingerprint density at radius 3 is 2.81 bits per heavy atom. The molecule has 1 aromatic heterocycles. The van der Waals surface area contributed by atoms with Crippen LogP contribution in [0, 0.1) is 0 Å². The lowest BCUT2D eigenvalue weighted by Gasteiger charge is -2.46. The Morgan fingerprint density at radius 1 is 1.56 bits per heavy atom. The number of rotatable bonds is 6. The number of ether oxygens (including phenoxy) is 1. The fourth-order valence-corrected chi connectivity index (χ4v) is 3.16. The Morgan fingerprint density at radius 2 is 2.38 bits per heavy atom. The standard InChI is InChI=1S/C13H21NOS/c1-3-8-14-12(11-5-9-16-10-11)13(15-2)6-4-7-13/h5,9-10,12,14H,3-4,6-8H2,1-2H3. The lowest BCUT2D eigenvalue weighted by atomic mass is 9.72. The summed E-state index contributed by atoms with van der Waals surface area (Å²) in [5, 5.41) is 8.04. The van der Waals surface area contributed by atoms with Gasteiger partial charge < -0.3 is 10.1 Å². The molecule has 1 fully saturated rings. The maximum absolute atomic E-state index is 5.80. The Bertz CT molecular complexity index is 300. The summed E-state index contributed by atoms with van der Waals surface area (Å²) in [6.07, 6.45) is 4.82. The summed E-state index contributed by atoms with van der Waals surface area (Å²) in [4.78, 5) is 0. The Labute approximate surface area is 102 Å². The van der Waals surface area contributed by atoms with Crippen molar-refractivity contribution < 1.29 is 4.74 Å². The van der Waals surface area contributed by atoms with E-state index in [4.69, 9.17) is 4.74 Å². The van der Waals surface area contributed by atoms with Crippen LogP contribution in [0.4, 0.5) is 0 Å². The van der Waals surface area contributed by atoms with Crippen LogP contribution >= 0.6 is 11.3 Å². The van der Waals surface area contributed by atoms with E-state index >= 15 is 0 Å². The van der Waals surface area contributed by atoms with Crippen LogP contribution in [0.2, 0.25) is 0 Å². The topological polar surface area (TPSA) is 21.3 Å². The van der Waals surface area contributed by atoms with Gasteiger partial charge in [0.2, 0.25) is 0 Å². The second-order valence-electron chi connectivity index (χ2n) is 4.57. The van der Waals surface area contributed by atoms with Gasteiger partial charge in [-0.05, 0) is 54.6 Å². The fourth-order valence-electron chi connectivity index (χ4n) is 2.47. The summed E-state index contributed by atoms with van der Waals surface area (Å²) in [5.74, 6) is 0. The zero-order valence-corrected chi connectivity index (χ0v) is 11.0. The van der Waals surface area contributed by atoms with Crippen molar-refractivity contribution in [3.63, 3.8) is 0 Å². The second kappa shape index (κ2) is 5.30. The molecule has 16 heavy (non-hydrogen) atoms. The molecule has 0 bridgehead atoms. The molecule has 2 nitrogen and oxygen atoms in total. The molecule has 0 spiro atoms. The lowest BCUT2D eigenvalue weighted by molar-refractivity contribution is -0.0996. The van der Waals surface area contributed by atoms with E-state index < -0.39 is 0 Å². The van der Waals surface area contributed by atoms with Crippen LogP contribution in [0.15, 0.2) is 16.8 Å². The van der Waals surface area contributed by atoms with E-state index in [0.29, 0.717) is 6.04 Å². The number of hydrogen-bond acceptors (Lipinski definition) is 3. The molecule has 1 atom stereocenters. The summed E-state index contributed by atoms with van der Waals surface area (Å²) in [6, 6.07) is 2.59. The van der Waals surface area contributed by atoms with Crippen molar-refractivity contribution >= 4 is 11.3 Å². The van der Waals surface area contributed by atoms with E-state index in [2.05, 4.69) is 29.1 Å². The van der Waals surface area contributed by atoms with Gasteiger partial charge in [-0.3, -0.25) is 0 Å². The van der Waals surface area contributed by atoms with Crippen LogP contribution in [0.1, 0.15) is 44.2 Å². The van der Waals surface area contributed by atoms with Crippen LogP contribution < -0.4 is 5.32 Å². The zero-order chi connectivity index (χ0) is 11.4. The first kappa shape index (κ1) is 12.1. The van der Waals surface area contributed by atoms with E-state index in [1.54, 1.807) is 11.3 Å². The normalized spacial score (nSPS) is 20.4. The first-order valence-electron chi connectivity index (χ1n) is 6.13. The van der Waals surface area contributed by atoms with Gasteiger partial charge in [-0.2, -0.15) is 11.3 Å². The van der Waals surface area contributed by atoms with E-state index in [1.165, 1.54) is 31.2 Å². The van der Waals surface area contributed by atoms with Gasteiger partial charge in [0.1, 0.15) is 0 Å². The molecular formula is C13H21NOS. The molecule has 1 heterocycles. The third-order valence-electron chi connectivity index (χ3n) is 3.61. The zero-order valence-electron chi connectivity index (χ0n) is 10.2. The summed E-state index contributed by atoms with van der Waals surface area (Å²) < 4.78 is 5.80. The van der Waals surface area contributed by atoms with Gasteiger partial charge in [0.25, 0.3) is 0 Å². The van der Waals surface area contributed by atoms with Crippen molar-refractivity contribution in [1.29, 1.82) is 0 Å². The SMILES string of the molecule is CCCNC(c1ccsc1)C1(OC)CCC1. The fraction of sp³-hybridized carbons (Fsp3) is 0.692. The van der Waals surface area contributed by atoms with Crippen molar-refractivity contribution in [2.24, 2.45) is 0 Å². The quantitative estimate of drug-likeness (QED) is 0.822. The van der Waals surface area contributed by atoms with Crippen molar-refractivity contribution in [2.75, 3.05) is 13.7 Å². The lowest BCUT2D eigenvalue weighted by Crippen LogP contribution is -2.50. The van der Waals surface area contributed by atoms with Crippen LogP contribution in [-0.2, 0) is 4.74 Å². The smallest absolute Gasteiger partial charge is 0.0872 e. The van der Waals surface area contributed by atoms with Crippen LogP contribution in [0.3, 0.4) is 0 Å². The number of nitrogens with one attached hydrogen (secondary N) is 1. The predicted octanol–water partition coefficient (Wildman–Crippen LogP) is 3.36. The molecule has 90 valence electrons. The molecule has 2 rings (SSSR count). The third-order valence-corrected chi connectivity index (χ3v) is 4.31. The van der Waals surface area contributed by atoms with E-state index in [1.807, 2.05) is 7.11 Å². The van der Waals surface area contributed by atoms with E-state index in [-0.39, 0.29) is 5.60 Å². The van der Waals surface area contributed by atoms with Gasteiger partial charge in [0, 0.05) is 7.11 Å². The highest BCUT2D eigenvalue weighted by Gasteiger charge is 2.44. The first-order chi connectivity index (χ1) is 7.82. The molecule has 1 aliphatic carbocycles. The molecule has 1 N–H and O–H groups in total. The largest absolute Gasteiger partial charge is 0.376 e. The minimum absolute atomic E-state index is 0.0518. The average molecular weight is 239 g/mol. The minimum Gasteiger partial charge on any atom is -0.376 e. The van der Waals surface area contributed by atoms with Gasteiger partial charge >= 0.3 is 0 Å². The molecule has 1 saturated carbocycles. The summed E-state index contributed by atoms with van der Waals surface area (Å²) in [5.41, 5.74) is 1.44. The maximum Gasteiger partial charge on any atom is 0.0872 e. The molecule has 1 unspecified atom stereocenters. The summed E-state index contributed by atoms with van der Waals surface area (Å²) in [7, 11) is 1.85. The minimum atomic E-state index is 0.0518. The Hall–Kier alpha value is -0.380. The molecule has 3 heteroatoms. The molecule has 0 amide bonds. The Kier molecular flexibility index (Phi) is 4.00. The average Bonchev–Trinajstić information content (AvgIpc) is 2.75. The first-order valence-corrected chi connectivity index (χ1v) is 7.07. The van der Waals surface area contributed by atoms with Crippen LogP contribution in [0.25, 0.3) is 0 Å². The number of methoxy groups -OCH3 is 1. The summed E-state index contributed by atoms with van der Waals surface area (Å²) >= 11 is 1.77. The molecule has 0 aliphatic heterocycles. The van der Waals surface area contributed by atoms with Crippen molar-refractivity contribution in [2.45, 2.75) is 44.2 Å². The predicted molar refractivity (Wildman–Crippen MR) is 68.9 cm³/mol. The van der Waals surface area contributed by atoms with Gasteiger partial charge in [-0.1, -0.05) is 6.92 Å². The molecule has 0 aromatic carbocycles. The number of hydrogen-bond donors (Lipinski definition) is 1. The van der Waals surface area contributed by atoms with E-state index in [9.17, 15) is 0 Å². The van der Waals surface area contributed by atoms with Gasteiger partial charge in [-0.25, -0.2) is 0 Å². The molecule has 1 aromatic rings. The highest BCUT2D eigenvalue weighted by atomic mass is 32.1. The van der Waals surface area contributed by atoms with Crippen molar-refractivity contribution in [1.82, 2.24) is 5.32 Å². The van der Waals surface area contributed by atoms with Gasteiger partial charge in [-0.15, -0.1) is 0 Å². The van der Waals surface area contributed by atoms with Crippen LogP contribution in [-0.4, -0.2) is 19.3 Å². The molecule has 1 aliphatic rings. The van der Waals surface area contributed by atoms with E-state index in [0.717, 1.165) is 6.54 Å². The maximum atomic E-state index is 5.80. The number of thiophene rings is 1. The summed E-state index contributed by atoms with van der Waals surface area (Å²) in [6.45, 7) is 3.27. The van der Waals surface area contributed by atoms with Crippen molar-refractivity contribution in [3.05, 3.63) is 22.4 Å². The molecular weight excluding hydrogens is 218 g/mol. The van der Waals surface area contributed by atoms with Crippen molar-refractivity contribution in [3.8, 4) is 0 Å². The molecule has 0 radical (unpaired) electrons. The second-order valence-corrected chi connectivity index (χ2v) is 5.35. The van der Waals surface area contributed by atoms with Crippen LogP contribution in [0.5, 0.6) is 0 Å².